The van der Waals surface area contributed by atoms with Gasteiger partial charge in [0.25, 0.3) is 0 Å². The van der Waals surface area contributed by atoms with E-state index in [1.807, 2.05) is 19.1 Å². The minimum atomic E-state index is -0.876. The van der Waals surface area contributed by atoms with E-state index in [0.29, 0.717) is 11.5 Å². The first-order chi connectivity index (χ1) is 7.52. The molecule has 0 unspecified atom stereocenters. The molecular formula is C12H16O4. The van der Waals surface area contributed by atoms with Crippen molar-refractivity contribution in [3.05, 3.63) is 23.8 Å². The average Bonchev–Trinajstić information content (AvgIpc) is 2.19. The number of ether oxygens (including phenoxy) is 2. The van der Waals surface area contributed by atoms with Crippen molar-refractivity contribution in [2.24, 2.45) is 0 Å². The SMILES string of the molecule is COc1cc(C)ccc1O[C@@H](C)CC(=O)O. The van der Waals surface area contributed by atoms with E-state index >= 15 is 0 Å². The highest BCUT2D eigenvalue weighted by Crippen LogP contribution is 2.28. The molecule has 0 radical (unpaired) electrons. The lowest BCUT2D eigenvalue weighted by Crippen LogP contribution is -2.16. The van der Waals surface area contributed by atoms with Crippen LogP contribution < -0.4 is 9.47 Å². The van der Waals surface area contributed by atoms with Gasteiger partial charge in [-0.2, -0.15) is 0 Å². The number of hydrogen-bond acceptors (Lipinski definition) is 3. The second kappa shape index (κ2) is 5.39. The molecule has 0 spiro atoms. The highest BCUT2D eigenvalue weighted by Gasteiger charge is 2.12. The molecule has 0 saturated carbocycles. The largest absolute Gasteiger partial charge is 0.493 e. The predicted octanol–water partition coefficient (Wildman–Crippen LogP) is 2.25. The summed E-state index contributed by atoms with van der Waals surface area (Å²) in [7, 11) is 1.56. The van der Waals surface area contributed by atoms with Crippen LogP contribution in [0, 0.1) is 6.92 Å². The van der Waals surface area contributed by atoms with Gasteiger partial charge in [-0.15, -0.1) is 0 Å². The summed E-state index contributed by atoms with van der Waals surface area (Å²) in [5.41, 5.74) is 1.06. The fourth-order valence-electron chi connectivity index (χ4n) is 1.38. The Labute approximate surface area is 94.8 Å². The standard InChI is InChI=1S/C12H16O4/c1-8-4-5-10(11(6-8)15-3)16-9(2)7-12(13)14/h4-6,9H,7H2,1-3H3,(H,13,14)/t9-/m0/s1. The number of rotatable bonds is 5. The molecule has 1 atom stereocenters. The van der Waals surface area contributed by atoms with Gasteiger partial charge in [-0.3, -0.25) is 4.79 Å². The fourth-order valence-corrected chi connectivity index (χ4v) is 1.38. The van der Waals surface area contributed by atoms with Gasteiger partial charge in [-0.05, 0) is 31.5 Å². The summed E-state index contributed by atoms with van der Waals surface area (Å²) in [6.45, 7) is 3.67. The van der Waals surface area contributed by atoms with Crippen LogP contribution >= 0.6 is 0 Å². The number of hydrogen-bond donors (Lipinski definition) is 1. The van der Waals surface area contributed by atoms with Gasteiger partial charge in [0, 0.05) is 0 Å². The Bertz CT molecular complexity index is 373. The zero-order valence-corrected chi connectivity index (χ0v) is 9.69. The van der Waals surface area contributed by atoms with Crippen LogP contribution in [0.25, 0.3) is 0 Å². The molecule has 1 aromatic carbocycles. The molecule has 0 fully saturated rings. The Hall–Kier alpha value is -1.71. The molecule has 0 bridgehead atoms. The minimum Gasteiger partial charge on any atom is -0.493 e. The number of aryl methyl sites for hydroxylation is 1. The second-order valence-corrected chi connectivity index (χ2v) is 3.68. The highest BCUT2D eigenvalue weighted by molar-refractivity contribution is 5.67. The van der Waals surface area contributed by atoms with Gasteiger partial charge in [0.2, 0.25) is 0 Å². The van der Waals surface area contributed by atoms with Crippen LogP contribution in [-0.4, -0.2) is 24.3 Å². The Morgan fingerprint density at radius 3 is 2.69 bits per heavy atom. The summed E-state index contributed by atoms with van der Waals surface area (Å²) in [6, 6.07) is 5.53. The molecule has 16 heavy (non-hydrogen) atoms. The molecule has 1 rings (SSSR count). The molecule has 88 valence electrons. The third kappa shape index (κ3) is 3.46. The second-order valence-electron chi connectivity index (χ2n) is 3.68. The van der Waals surface area contributed by atoms with Crippen LogP contribution in [0.4, 0.5) is 0 Å². The normalized spacial score (nSPS) is 11.9. The molecule has 1 N–H and O–H groups in total. The quantitative estimate of drug-likeness (QED) is 0.833. The first-order valence-corrected chi connectivity index (χ1v) is 5.06. The Morgan fingerprint density at radius 1 is 1.44 bits per heavy atom. The van der Waals surface area contributed by atoms with Crippen LogP contribution in [0.15, 0.2) is 18.2 Å². The maximum atomic E-state index is 10.5. The smallest absolute Gasteiger partial charge is 0.307 e. The Balaban J connectivity index is 2.76. The molecule has 0 aromatic heterocycles. The van der Waals surface area contributed by atoms with E-state index in [-0.39, 0.29) is 12.5 Å². The van der Waals surface area contributed by atoms with Crippen molar-refractivity contribution in [2.75, 3.05) is 7.11 Å². The van der Waals surface area contributed by atoms with Crippen molar-refractivity contribution >= 4 is 5.97 Å². The highest BCUT2D eigenvalue weighted by atomic mass is 16.5. The fraction of sp³-hybridized carbons (Fsp3) is 0.417. The maximum Gasteiger partial charge on any atom is 0.307 e. The van der Waals surface area contributed by atoms with E-state index in [9.17, 15) is 4.79 Å². The van der Waals surface area contributed by atoms with E-state index in [2.05, 4.69) is 0 Å². The van der Waals surface area contributed by atoms with Crippen molar-refractivity contribution in [1.82, 2.24) is 0 Å². The van der Waals surface area contributed by atoms with Crippen molar-refractivity contribution in [2.45, 2.75) is 26.4 Å². The van der Waals surface area contributed by atoms with Gasteiger partial charge < -0.3 is 14.6 Å². The van der Waals surface area contributed by atoms with E-state index in [1.165, 1.54) is 0 Å². The molecule has 4 heteroatoms. The van der Waals surface area contributed by atoms with Crippen molar-refractivity contribution in [3.63, 3.8) is 0 Å². The predicted molar refractivity (Wildman–Crippen MR) is 60.1 cm³/mol. The van der Waals surface area contributed by atoms with Gasteiger partial charge in [-0.1, -0.05) is 6.07 Å². The minimum absolute atomic E-state index is 0.0307. The van der Waals surface area contributed by atoms with Crippen LogP contribution in [0.5, 0.6) is 11.5 Å². The summed E-state index contributed by atoms with van der Waals surface area (Å²) in [6.07, 6.45) is -0.411. The summed E-state index contributed by atoms with van der Waals surface area (Å²) >= 11 is 0. The van der Waals surface area contributed by atoms with E-state index in [4.69, 9.17) is 14.6 Å². The van der Waals surface area contributed by atoms with Crippen molar-refractivity contribution < 1.29 is 19.4 Å². The third-order valence-corrected chi connectivity index (χ3v) is 2.11. The van der Waals surface area contributed by atoms with Crippen molar-refractivity contribution in [3.8, 4) is 11.5 Å². The maximum absolute atomic E-state index is 10.5. The molecule has 0 aliphatic heterocycles. The van der Waals surface area contributed by atoms with Crippen LogP contribution in [0.2, 0.25) is 0 Å². The molecule has 0 aliphatic rings. The Morgan fingerprint density at radius 2 is 2.12 bits per heavy atom. The number of aliphatic carboxylic acids is 1. The Kier molecular flexibility index (Phi) is 4.17. The molecule has 1 aromatic rings. The molecule has 0 aliphatic carbocycles. The van der Waals surface area contributed by atoms with E-state index in [0.717, 1.165) is 5.56 Å². The first kappa shape index (κ1) is 12.4. The number of methoxy groups -OCH3 is 1. The molecule has 0 amide bonds. The molecular weight excluding hydrogens is 208 g/mol. The lowest BCUT2D eigenvalue weighted by molar-refractivity contribution is -0.138. The number of benzene rings is 1. The van der Waals surface area contributed by atoms with Gasteiger partial charge in [0.05, 0.1) is 13.5 Å². The monoisotopic (exact) mass is 224 g/mol. The van der Waals surface area contributed by atoms with E-state index < -0.39 is 5.97 Å². The van der Waals surface area contributed by atoms with E-state index in [1.54, 1.807) is 20.1 Å². The topological polar surface area (TPSA) is 55.8 Å². The van der Waals surface area contributed by atoms with Crippen LogP contribution in [0.1, 0.15) is 18.9 Å². The zero-order valence-electron chi connectivity index (χ0n) is 9.69. The lowest BCUT2D eigenvalue weighted by atomic mass is 10.2. The number of carboxylic acid groups (broad SMARTS) is 1. The number of carbonyl (C=O) groups is 1. The number of carboxylic acids is 1. The van der Waals surface area contributed by atoms with Gasteiger partial charge in [0.1, 0.15) is 6.10 Å². The summed E-state index contributed by atoms with van der Waals surface area (Å²) in [5, 5.41) is 8.62. The van der Waals surface area contributed by atoms with Crippen molar-refractivity contribution in [1.29, 1.82) is 0 Å². The third-order valence-electron chi connectivity index (χ3n) is 2.11. The molecule has 0 saturated heterocycles. The van der Waals surface area contributed by atoms with Crippen LogP contribution in [-0.2, 0) is 4.79 Å². The molecule has 0 heterocycles. The zero-order chi connectivity index (χ0) is 12.1. The van der Waals surface area contributed by atoms with Crippen LogP contribution in [0.3, 0.4) is 0 Å². The molecule has 4 nitrogen and oxygen atoms in total. The van der Waals surface area contributed by atoms with Gasteiger partial charge in [-0.25, -0.2) is 0 Å². The summed E-state index contributed by atoms with van der Waals surface area (Å²) in [5.74, 6) is 0.317. The van der Waals surface area contributed by atoms with Gasteiger partial charge >= 0.3 is 5.97 Å². The first-order valence-electron chi connectivity index (χ1n) is 5.06. The lowest BCUT2D eigenvalue weighted by Gasteiger charge is -2.15. The van der Waals surface area contributed by atoms with Gasteiger partial charge in [0.15, 0.2) is 11.5 Å². The summed E-state index contributed by atoms with van der Waals surface area (Å²) < 4.78 is 10.7. The summed E-state index contributed by atoms with van der Waals surface area (Å²) in [4.78, 5) is 10.5. The average molecular weight is 224 g/mol.